The zero-order valence-electron chi connectivity index (χ0n) is 6.69. The van der Waals surface area contributed by atoms with Gasteiger partial charge in [-0.2, -0.15) is 0 Å². The Morgan fingerprint density at radius 3 is 3.10 bits per heavy atom. The predicted octanol–water partition coefficient (Wildman–Crippen LogP) is 3.26. The van der Waals surface area contributed by atoms with Crippen molar-refractivity contribution in [2.45, 2.75) is 39.0 Å². The van der Waals surface area contributed by atoms with Crippen molar-refractivity contribution >= 4 is 0 Å². The van der Waals surface area contributed by atoms with E-state index in [4.69, 9.17) is 0 Å². The molecular formula is C10H15. The molecule has 0 amide bonds. The summed E-state index contributed by atoms with van der Waals surface area (Å²) in [4.78, 5) is 0. The molecule has 0 aromatic rings. The molecular weight excluding hydrogens is 120 g/mol. The van der Waals surface area contributed by atoms with Gasteiger partial charge in [0.25, 0.3) is 0 Å². The third-order valence-corrected chi connectivity index (χ3v) is 1.78. The zero-order chi connectivity index (χ0) is 7.23. The van der Waals surface area contributed by atoms with Crippen LogP contribution in [-0.4, -0.2) is 0 Å². The molecule has 0 aromatic heterocycles. The van der Waals surface area contributed by atoms with Crippen LogP contribution in [0.3, 0.4) is 0 Å². The minimum atomic E-state index is 1.11. The molecule has 0 atom stereocenters. The molecule has 0 spiro atoms. The van der Waals surface area contributed by atoms with Crippen molar-refractivity contribution in [3.05, 3.63) is 23.8 Å². The van der Waals surface area contributed by atoms with Crippen molar-refractivity contribution in [1.82, 2.24) is 0 Å². The van der Waals surface area contributed by atoms with Gasteiger partial charge in [0.2, 0.25) is 0 Å². The SMILES string of the molecule is CC/C=[C]\C1=CCCCC1. The molecule has 1 aliphatic rings. The van der Waals surface area contributed by atoms with Crippen LogP contribution >= 0.6 is 0 Å². The fourth-order valence-corrected chi connectivity index (χ4v) is 1.20. The van der Waals surface area contributed by atoms with Crippen molar-refractivity contribution in [1.29, 1.82) is 0 Å². The molecule has 1 aliphatic carbocycles. The minimum Gasteiger partial charge on any atom is -0.0807 e. The Labute approximate surface area is 63.6 Å². The van der Waals surface area contributed by atoms with Gasteiger partial charge in [-0.1, -0.05) is 19.1 Å². The molecule has 0 heterocycles. The molecule has 0 N–H and O–H groups in total. The predicted molar refractivity (Wildman–Crippen MR) is 44.7 cm³/mol. The summed E-state index contributed by atoms with van der Waals surface area (Å²) < 4.78 is 0. The van der Waals surface area contributed by atoms with E-state index in [2.05, 4.69) is 25.2 Å². The molecule has 0 aromatic carbocycles. The molecule has 0 bridgehead atoms. The Balaban J connectivity index is 2.38. The fourth-order valence-electron chi connectivity index (χ4n) is 1.20. The topological polar surface area (TPSA) is 0 Å². The fraction of sp³-hybridized carbons (Fsp3) is 0.600. The zero-order valence-corrected chi connectivity index (χ0v) is 6.69. The van der Waals surface area contributed by atoms with Crippen LogP contribution in [0.15, 0.2) is 17.7 Å². The molecule has 0 heteroatoms. The summed E-state index contributed by atoms with van der Waals surface area (Å²) in [5, 5.41) is 0. The maximum atomic E-state index is 3.31. The molecule has 0 nitrogen and oxygen atoms in total. The molecule has 10 heavy (non-hydrogen) atoms. The molecule has 0 fully saturated rings. The summed E-state index contributed by atoms with van der Waals surface area (Å²) in [5.41, 5.74) is 1.42. The Bertz CT molecular complexity index is 140. The van der Waals surface area contributed by atoms with Crippen LogP contribution in [0.1, 0.15) is 39.0 Å². The van der Waals surface area contributed by atoms with Gasteiger partial charge < -0.3 is 0 Å². The Hall–Kier alpha value is -0.520. The van der Waals surface area contributed by atoms with Gasteiger partial charge in [0, 0.05) is 0 Å². The maximum absolute atomic E-state index is 3.31. The Morgan fingerprint density at radius 1 is 1.60 bits per heavy atom. The number of allylic oxidation sites excluding steroid dienone is 4. The number of hydrogen-bond acceptors (Lipinski definition) is 0. The van der Waals surface area contributed by atoms with Crippen molar-refractivity contribution in [2.75, 3.05) is 0 Å². The van der Waals surface area contributed by atoms with Crippen molar-refractivity contribution in [3.63, 3.8) is 0 Å². The van der Waals surface area contributed by atoms with Crippen LogP contribution in [0, 0.1) is 6.08 Å². The van der Waals surface area contributed by atoms with Crippen molar-refractivity contribution in [3.8, 4) is 0 Å². The summed E-state index contributed by atoms with van der Waals surface area (Å²) >= 11 is 0. The highest BCUT2D eigenvalue weighted by atomic mass is 14.0. The van der Waals surface area contributed by atoms with Crippen LogP contribution in [0.2, 0.25) is 0 Å². The maximum Gasteiger partial charge on any atom is -0.0196 e. The van der Waals surface area contributed by atoms with E-state index < -0.39 is 0 Å². The van der Waals surface area contributed by atoms with E-state index in [0.717, 1.165) is 6.42 Å². The lowest BCUT2D eigenvalue weighted by molar-refractivity contribution is 0.709. The first-order chi connectivity index (χ1) is 4.93. The van der Waals surface area contributed by atoms with Crippen LogP contribution in [0.4, 0.5) is 0 Å². The van der Waals surface area contributed by atoms with E-state index in [1.165, 1.54) is 31.3 Å². The lowest BCUT2D eigenvalue weighted by Crippen LogP contribution is -1.88. The van der Waals surface area contributed by atoms with E-state index in [0.29, 0.717) is 0 Å². The van der Waals surface area contributed by atoms with Crippen molar-refractivity contribution in [2.24, 2.45) is 0 Å². The molecule has 55 valence electrons. The highest BCUT2D eigenvalue weighted by Gasteiger charge is 1.98. The van der Waals surface area contributed by atoms with E-state index in [1.54, 1.807) is 0 Å². The Kier molecular flexibility index (Phi) is 3.28. The summed E-state index contributed by atoms with van der Waals surface area (Å²) in [6, 6.07) is 0. The van der Waals surface area contributed by atoms with Gasteiger partial charge in [-0.25, -0.2) is 0 Å². The summed E-state index contributed by atoms with van der Waals surface area (Å²) in [5.74, 6) is 0. The minimum absolute atomic E-state index is 1.11. The Morgan fingerprint density at radius 2 is 2.50 bits per heavy atom. The van der Waals surface area contributed by atoms with Gasteiger partial charge in [-0.15, -0.1) is 0 Å². The highest BCUT2D eigenvalue weighted by molar-refractivity contribution is 5.14. The second-order valence-corrected chi connectivity index (χ2v) is 2.73. The smallest absolute Gasteiger partial charge is 0.0196 e. The lowest BCUT2D eigenvalue weighted by Gasteiger charge is -2.06. The number of rotatable bonds is 2. The van der Waals surface area contributed by atoms with E-state index in [-0.39, 0.29) is 0 Å². The van der Waals surface area contributed by atoms with Crippen LogP contribution in [0.25, 0.3) is 0 Å². The van der Waals surface area contributed by atoms with Gasteiger partial charge in [0.1, 0.15) is 0 Å². The summed E-state index contributed by atoms with van der Waals surface area (Å²) in [6.07, 6.45) is 14.1. The first kappa shape index (κ1) is 7.59. The molecule has 1 radical (unpaired) electrons. The molecule has 0 saturated heterocycles. The summed E-state index contributed by atoms with van der Waals surface area (Å²) in [7, 11) is 0. The van der Waals surface area contributed by atoms with Gasteiger partial charge >= 0.3 is 0 Å². The monoisotopic (exact) mass is 135 g/mol. The average Bonchev–Trinajstić information content (AvgIpc) is 2.03. The van der Waals surface area contributed by atoms with Gasteiger partial charge in [0.05, 0.1) is 0 Å². The van der Waals surface area contributed by atoms with Crippen LogP contribution < -0.4 is 0 Å². The van der Waals surface area contributed by atoms with E-state index in [1.807, 2.05) is 0 Å². The molecule has 1 rings (SSSR count). The van der Waals surface area contributed by atoms with Crippen LogP contribution in [0.5, 0.6) is 0 Å². The molecule has 0 unspecified atom stereocenters. The normalized spacial score (nSPS) is 19.5. The van der Waals surface area contributed by atoms with Crippen molar-refractivity contribution < 1.29 is 0 Å². The van der Waals surface area contributed by atoms with Crippen LogP contribution in [-0.2, 0) is 0 Å². The largest absolute Gasteiger partial charge is 0.0807 e. The summed E-state index contributed by atoms with van der Waals surface area (Å²) in [6.45, 7) is 2.15. The quantitative estimate of drug-likeness (QED) is 0.545. The average molecular weight is 135 g/mol. The van der Waals surface area contributed by atoms with Gasteiger partial charge in [0.15, 0.2) is 0 Å². The third-order valence-electron chi connectivity index (χ3n) is 1.78. The highest BCUT2D eigenvalue weighted by Crippen LogP contribution is 2.17. The molecule has 0 saturated carbocycles. The first-order valence-electron chi connectivity index (χ1n) is 4.20. The molecule has 0 aliphatic heterocycles. The second-order valence-electron chi connectivity index (χ2n) is 2.73. The first-order valence-corrected chi connectivity index (χ1v) is 4.20. The third kappa shape index (κ3) is 2.38. The van der Waals surface area contributed by atoms with E-state index >= 15 is 0 Å². The lowest BCUT2D eigenvalue weighted by atomic mass is 9.99. The van der Waals surface area contributed by atoms with Gasteiger partial charge in [-0.3, -0.25) is 0 Å². The number of hydrogen-bond donors (Lipinski definition) is 0. The van der Waals surface area contributed by atoms with E-state index in [9.17, 15) is 0 Å². The van der Waals surface area contributed by atoms with Gasteiger partial charge in [-0.05, 0) is 43.8 Å². The second kappa shape index (κ2) is 4.32. The standard InChI is InChI=1S/C10H15/c1-2-3-7-10-8-5-4-6-9-10/h3,8H,2,4-6,9H2,1H3.